The molecule has 178 valence electrons. The number of aromatic nitrogens is 4. The molecular formula is C20H24F3N7O3. The summed E-state index contributed by atoms with van der Waals surface area (Å²) in [5.41, 5.74) is 6.76. The Bertz CT molecular complexity index is 978. The SMILES string of the molecule is CN(C(=O)CC(F)(F)F)[C@H]1C[C@H](Oc2cc(-c3cnc(N)nc3)nc(N3CCOCC3)n2)C1. The van der Waals surface area contributed by atoms with Crippen molar-refractivity contribution in [2.45, 2.75) is 37.6 Å². The zero-order valence-electron chi connectivity index (χ0n) is 18.0. The molecule has 0 unspecified atom stereocenters. The standard InChI is InChI=1S/C20H24F3N7O3/c1-29(17(31)9-20(21,22)23)13-6-14(7-13)33-16-8-15(12-10-25-18(24)26-11-12)27-19(28-16)30-2-4-32-5-3-30/h8,10-11,13-14H,2-7,9H2,1H3,(H2,24,25,26)/t13-,14-. The predicted molar refractivity (Wildman–Crippen MR) is 111 cm³/mol. The summed E-state index contributed by atoms with van der Waals surface area (Å²) in [4.78, 5) is 32.1. The van der Waals surface area contributed by atoms with Gasteiger partial charge >= 0.3 is 6.18 Å². The molecule has 1 aliphatic carbocycles. The number of hydrogen-bond acceptors (Lipinski definition) is 9. The van der Waals surface area contributed by atoms with Crippen molar-refractivity contribution >= 4 is 17.8 Å². The van der Waals surface area contributed by atoms with E-state index >= 15 is 0 Å². The molecule has 0 spiro atoms. The number of anilines is 2. The fraction of sp³-hybridized carbons (Fsp3) is 0.550. The first-order chi connectivity index (χ1) is 15.7. The third-order valence-electron chi connectivity index (χ3n) is 5.60. The van der Waals surface area contributed by atoms with Crippen LogP contribution in [0.4, 0.5) is 25.1 Å². The van der Waals surface area contributed by atoms with Gasteiger partial charge in [-0.05, 0) is 0 Å². The molecule has 0 atom stereocenters. The molecule has 2 aromatic heterocycles. The lowest BCUT2D eigenvalue weighted by atomic mass is 9.88. The van der Waals surface area contributed by atoms with E-state index in [1.54, 1.807) is 18.5 Å². The van der Waals surface area contributed by atoms with Gasteiger partial charge < -0.3 is 25.0 Å². The Hall–Kier alpha value is -3.22. The number of nitrogens with two attached hydrogens (primary N) is 1. The van der Waals surface area contributed by atoms with Crippen LogP contribution >= 0.6 is 0 Å². The van der Waals surface area contributed by atoms with E-state index in [1.165, 1.54) is 7.05 Å². The molecule has 13 heteroatoms. The second-order valence-electron chi connectivity index (χ2n) is 7.98. The first kappa shape index (κ1) is 23.0. The van der Waals surface area contributed by atoms with Crippen molar-refractivity contribution in [3.05, 3.63) is 18.5 Å². The van der Waals surface area contributed by atoms with E-state index in [4.69, 9.17) is 15.2 Å². The van der Waals surface area contributed by atoms with Gasteiger partial charge in [-0.2, -0.15) is 18.2 Å². The second-order valence-corrected chi connectivity index (χ2v) is 7.98. The van der Waals surface area contributed by atoms with Crippen molar-refractivity contribution in [1.29, 1.82) is 0 Å². The minimum absolute atomic E-state index is 0.141. The van der Waals surface area contributed by atoms with E-state index in [-0.39, 0.29) is 18.1 Å². The van der Waals surface area contributed by atoms with Gasteiger partial charge in [0.15, 0.2) is 0 Å². The fourth-order valence-corrected chi connectivity index (χ4v) is 3.62. The number of morpholine rings is 1. The van der Waals surface area contributed by atoms with Crippen LogP contribution in [0, 0.1) is 0 Å². The van der Waals surface area contributed by atoms with Crippen molar-refractivity contribution in [3.63, 3.8) is 0 Å². The summed E-state index contributed by atoms with van der Waals surface area (Å²) in [6.45, 7) is 2.35. The largest absolute Gasteiger partial charge is 0.474 e. The molecule has 1 amide bonds. The highest BCUT2D eigenvalue weighted by Gasteiger charge is 2.39. The molecule has 10 nitrogen and oxygen atoms in total. The number of nitrogens with zero attached hydrogens (tertiary/aromatic N) is 6. The normalized spacial score (nSPS) is 20.8. The molecule has 1 saturated carbocycles. The van der Waals surface area contributed by atoms with Crippen molar-refractivity contribution in [2.24, 2.45) is 0 Å². The predicted octanol–water partition coefficient (Wildman–Crippen LogP) is 1.67. The van der Waals surface area contributed by atoms with Crippen LogP contribution in [-0.2, 0) is 9.53 Å². The van der Waals surface area contributed by atoms with Crippen molar-refractivity contribution in [1.82, 2.24) is 24.8 Å². The topological polar surface area (TPSA) is 120 Å². The average Bonchev–Trinajstić information content (AvgIpc) is 2.75. The molecule has 2 N–H and O–H groups in total. The van der Waals surface area contributed by atoms with Crippen molar-refractivity contribution in [3.8, 4) is 17.1 Å². The summed E-state index contributed by atoms with van der Waals surface area (Å²) < 4.78 is 48.9. The smallest absolute Gasteiger partial charge is 0.397 e. The molecule has 33 heavy (non-hydrogen) atoms. The molecule has 1 aliphatic heterocycles. The van der Waals surface area contributed by atoms with E-state index < -0.39 is 18.5 Å². The van der Waals surface area contributed by atoms with Gasteiger partial charge in [0.1, 0.15) is 12.5 Å². The quantitative estimate of drug-likeness (QED) is 0.676. The lowest BCUT2D eigenvalue weighted by Gasteiger charge is -2.40. The molecule has 2 aliphatic rings. The van der Waals surface area contributed by atoms with Gasteiger partial charge in [0, 0.05) is 63.0 Å². The van der Waals surface area contributed by atoms with Gasteiger partial charge in [-0.1, -0.05) is 0 Å². The van der Waals surface area contributed by atoms with E-state index in [0.717, 1.165) is 4.90 Å². The molecule has 0 aromatic carbocycles. The summed E-state index contributed by atoms with van der Waals surface area (Å²) in [7, 11) is 1.38. The van der Waals surface area contributed by atoms with E-state index in [2.05, 4.69) is 19.9 Å². The van der Waals surface area contributed by atoms with Gasteiger partial charge in [-0.3, -0.25) is 4.79 Å². The molecule has 3 heterocycles. The average molecular weight is 467 g/mol. The Morgan fingerprint density at radius 2 is 1.91 bits per heavy atom. The van der Waals surface area contributed by atoms with Crippen LogP contribution < -0.4 is 15.4 Å². The fourth-order valence-electron chi connectivity index (χ4n) is 3.62. The zero-order valence-corrected chi connectivity index (χ0v) is 18.0. The van der Waals surface area contributed by atoms with Gasteiger partial charge in [-0.25, -0.2) is 15.0 Å². The number of alkyl halides is 3. The highest BCUT2D eigenvalue weighted by molar-refractivity contribution is 5.77. The van der Waals surface area contributed by atoms with Gasteiger partial charge in [0.25, 0.3) is 0 Å². The Kier molecular flexibility index (Phi) is 6.49. The molecule has 4 rings (SSSR count). The maximum Gasteiger partial charge on any atom is 0.397 e. The Morgan fingerprint density at radius 1 is 1.24 bits per heavy atom. The molecule has 2 aromatic rings. The Morgan fingerprint density at radius 3 is 2.55 bits per heavy atom. The molecular weight excluding hydrogens is 443 g/mol. The summed E-state index contributed by atoms with van der Waals surface area (Å²) in [6.07, 6.45) is -2.33. The highest BCUT2D eigenvalue weighted by Crippen LogP contribution is 2.32. The van der Waals surface area contributed by atoms with E-state index in [1.807, 2.05) is 4.90 Å². The van der Waals surface area contributed by atoms with Crippen molar-refractivity contribution in [2.75, 3.05) is 44.0 Å². The first-order valence-corrected chi connectivity index (χ1v) is 10.5. The third-order valence-corrected chi connectivity index (χ3v) is 5.60. The Labute approximate surface area is 187 Å². The van der Waals surface area contributed by atoms with Crippen LogP contribution in [0.2, 0.25) is 0 Å². The van der Waals surface area contributed by atoms with Crippen molar-refractivity contribution < 1.29 is 27.4 Å². The number of carbonyl (C=O) groups excluding carboxylic acids is 1. The number of halogens is 3. The van der Waals surface area contributed by atoms with Crippen LogP contribution in [0.1, 0.15) is 19.3 Å². The number of rotatable bonds is 6. The van der Waals surface area contributed by atoms with Crippen LogP contribution in [0.25, 0.3) is 11.3 Å². The number of ether oxygens (including phenoxy) is 2. The first-order valence-electron chi connectivity index (χ1n) is 10.5. The molecule has 0 radical (unpaired) electrons. The Balaban J connectivity index is 1.46. The van der Waals surface area contributed by atoms with Gasteiger partial charge in [0.05, 0.1) is 18.9 Å². The van der Waals surface area contributed by atoms with Gasteiger partial charge in [-0.15, -0.1) is 0 Å². The van der Waals surface area contributed by atoms with E-state index in [9.17, 15) is 18.0 Å². The lowest BCUT2D eigenvalue weighted by molar-refractivity contribution is -0.164. The summed E-state index contributed by atoms with van der Waals surface area (Å²) in [5.74, 6) is -0.0161. The molecule has 0 bridgehead atoms. The minimum atomic E-state index is -4.52. The summed E-state index contributed by atoms with van der Waals surface area (Å²) in [5, 5.41) is 0. The lowest BCUT2D eigenvalue weighted by Crippen LogP contribution is -2.50. The number of nitrogen functional groups attached to an aromatic ring is 1. The number of amides is 1. The van der Waals surface area contributed by atoms with Crippen LogP contribution in [0.15, 0.2) is 18.5 Å². The van der Waals surface area contributed by atoms with Gasteiger partial charge in [0.2, 0.25) is 23.7 Å². The summed E-state index contributed by atoms with van der Waals surface area (Å²) >= 11 is 0. The summed E-state index contributed by atoms with van der Waals surface area (Å²) in [6, 6.07) is 1.35. The number of carbonyl (C=O) groups is 1. The third kappa shape index (κ3) is 5.78. The van der Waals surface area contributed by atoms with E-state index in [0.29, 0.717) is 62.2 Å². The highest BCUT2D eigenvalue weighted by atomic mass is 19.4. The maximum absolute atomic E-state index is 12.5. The van der Waals surface area contributed by atoms with Crippen LogP contribution in [0.3, 0.4) is 0 Å². The molecule has 2 fully saturated rings. The monoisotopic (exact) mass is 467 g/mol. The zero-order chi connectivity index (χ0) is 23.6. The maximum atomic E-state index is 12.5. The van der Waals surface area contributed by atoms with Crippen LogP contribution in [0.5, 0.6) is 5.88 Å². The minimum Gasteiger partial charge on any atom is -0.474 e. The molecule has 1 saturated heterocycles. The second kappa shape index (κ2) is 9.33. The number of hydrogen-bond donors (Lipinski definition) is 1. The van der Waals surface area contributed by atoms with Crippen LogP contribution in [-0.4, -0.2) is 82.4 Å².